The van der Waals surface area contributed by atoms with Crippen LogP contribution in [-0.2, 0) is 0 Å². The van der Waals surface area contributed by atoms with Gasteiger partial charge in [0.1, 0.15) is 12.0 Å². The average Bonchev–Trinajstić information content (AvgIpc) is 2.30. The van der Waals surface area contributed by atoms with Gasteiger partial charge in [0.05, 0.1) is 6.26 Å². The maximum atomic E-state index is 10.4. The molecule has 0 saturated heterocycles. The molecule has 0 aliphatic carbocycles. The number of allylic oxidation sites excluding steroid dienone is 1. The van der Waals surface area contributed by atoms with E-state index < -0.39 is 0 Å². The Morgan fingerprint density at radius 3 is 2.60 bits per heavy atom. The Balaban J connectivity index is 2.37. The molecule has 2 heteroatoms. The zero-order chi connectivity index (χ0) is 10.9. The normalized spacial score (nSPS) is 10.5. The van der Waals surface area contributed by atoms with Gasteiger partial charge in [-0.3, -0.25) is 4.79 Å². The molecule has 0 amide bonds. The highest BCUT2D eigenvalue weighted by Crippen LogP contribution is 2.11. The summed E-state index contributed by atoms with van der Waals surface area (Å²) in [5.74, 6) is 0.758. The number of unbranched alkanes of at least 4 members (excludes halogenated alkanes) is 2. The number of carbonyl (C=O) groups is 1. The van der Waals surface area contributed by atoms with Gasteiger partial charge in [0.15, 0.2) is 0 Å². The third-order valence-corrected chi connectivity index (χ3v) is 2.04. The monoisotopic (exact) mass is 204 g/mol. The summed E-state index contributed by atoms with van der Waals surface area (Å²) in [5, 5.41) is 0. The molecule has 0 fully saturated rings. The van der Waals surface area contributed by atoms with Crippen LogP contribution in [-0.4, -0.2) is 6.29 Å². The predicted molar refractivity (Wildman–Crippen MR) is 61.1 cm³/mol. The zero-order valence-electron chi connectivity index (χ0n) is 8.98. The first-order valence-corrected chi connectivity index (χ1v) is 5.23. The Hall–Kier alpha value is -1.57. The van der Waals surface area contributed by atoms with Crippen molar-refractivity contribution in [1.82, 2.24) is 0 Å². The van der Waals surface area contributed by atoms with Crippen LogP contribution >= 0.6 is 0 Å². The van der Waals surface area contributed by atoms with Crippen LogP contribution in [0.5, 0.6) is 5.75 Å². The van der Waals surface area contributed by atoms with Gasteiger partial charge >= 0.3 is 0 Å². The quantitative estimate of drug-likeness (QED) is 0.402. The molecular weight excluding hydrogens is 188 g/mol. The lowest BCUT2D eigenvalue weighted by Crippen LogP contribution is -1.83. The van der Waals surface area contributed by atoms with E-state index in [-0.39, 0.29) is 0 Å². The van der Waals surface area contributed by atoms with Gasteiger partial charge in [0.25, 0.3) is 0 Å². The van der Waals surface area contributed by atoms with Crippen LogP contribution in [0.15, 0.2) is 36.6 Å². The standard InChI is InChI=1S/C13H16O2/c1-2-3-4-5-10-15-13-8-6-12(11-14)7-9-13/h5-11H,2-4H2,1H3/b10-5+. The minimum absolute atomic E-state index is 0.664. The van der Waals surface area contributed by atoms with Gasteiger partial charge in [-0.2, -0.15) is 0 Å². The number of hydrogen-bond donors (Lipinski definition) is 0. The molecule has 0 radical (unpaired) electrons. The zero-order valence-corrected chi connectivity index (χ0v) is 8.98. The first-order chi connectivity index (χ1) is 7.36. The Morgan fingerprint density at radius 2 is 2.00 bits per heavy atom. The van der Waals surface area contributed by atoms with Gasteiger partial charge in [0.2, 0.25) is 0 Å². The molecule has 2 nitrogen and oxygen atoms in total. The number of rotatable bonds is 6. The molecular formula is C13H16O2. The van der Waals surface area contributed by atoms with Crippen molar-refractivity contribution in [2.45, 2.75) is 26.2 Å². The van der Waals surface area contributed by atoms with Crippen LogP contribution < -0.4 is 4.74 Å². The Morgan fingerprint density at radius 1 is 1.27 bits per heavy atom. The summed E-state index contributed by atoms with van der Waals surface area (Å²) in [7, 11) is 0. The fourth-order valence-corrected chi connectivity index (χ4v) is 1.14. The van der Waals surface area contributed by atoms with Crippen LogP contribution in [0.4, 0.5) is 0 Å². The van der Waals surface area contributed by atoms with Gasteiger partial charge in [0, 0.05) is 5.56 Å². The second-order valence-electron chi connectivity index (χ2n) is 3.32. The van der Waals surface area contributed by atoms with Gasteiger partial charge in [-0.1, -0.05) is 13.3 Å². The average molecular weight is 204 g/mol. The molecule has 1 rings (SSSR count). The van der Waals surface area contributed by atoms with Crippen molar-refractivity contribution in [1.29, 1.82) is 0 Å². The maximum Gasteiger partial charge on any atom is 0.150 e. The third-order valence-electron chi connectivity index (χ3n) is 2.04. The van der Waals surface area contributed by atoms with Crippen molar-refractivity contribution in [2.75, 3.05) is 0 Å². The van der Waals surface area contributed by atoms with Crippen LogP contribution in [0.3, 0.4) is 0 Å². The van der Waals surface area contributed by atoms with E-state index in [2.05, 4.69) is 6.92 Å². The second kappa shape index (κ2) is 6.82. The minimum Gasteiger partial charge on any atom is -0.465 e. The van der Waals surface area contributed by atoms with Crippen molar-refractivity contribution in [3.8, 4) is 5.75 Å². The summed E-state index contributed by atoms with van der Waals surface area (Å²) in [4.78, 5) is 10.4. The number of aldehydes is 1. The largest absolute Gasteiger partial charge is 0.465 e. The lowest BCUT2D eigenvalue weighted by Gasteiger charge is -1.99. The molecule has 0 bridgehead atoms. The molecule has 0 unspecified atom stereocenters. The molecule has 0 N–H and O–H groups in total. The predicted octanol–water partition coefficient (Wildman–Crippen LogP) is 3.58. The summed E-state index contributed by atoms with van der Waals surface area (Å²) >= 11 is 0. The molecule has 15 heavy (non-hydrogen) atoms. The lowest BCUT2D eigenvalue weighted by molar-refractivity contribution is 0.112. The first kappa shape index (κ1) is 11.5. The van der Waals surface area contributed by atoms with E-state index in [1.54, 1.807) is 30.5 Å². The Bertz CT molecular complexity index is 312. The van der Waals surface area contributed by atoms with Gasteiger partial charge in [-0.25, -0.2) is 0 Å². The number of ether oxygens (including phenoxy) is 1. The number of carbonyl (C=O) groups excluding carboxylic acids is 1. The molecule has 80 valence electrons. The van der Waals surface area contributed by atoms with Gasteiger partial charge in [-0.15, -0.1) is 0 Å². The molecule has 0 spiro atoms. The van der Waals surface area contributed by atoms with Crippen molar-refractivity contribution in [2.24, 2.45) is 0 Å². The van der Waals surface area contributed by atoms with Crippen LogP contribution in [0.1, 0.15) is 36.5 Å². The smallest absolute Gasteiger partial charge is 0.150 e. The number of benzene rings is 1. The van der Waals surface area contributed by atoms with E-state index in [0.29, 0.717) is 5.56 Å². The number of hydrogen-bond acceptors (Lipinski definition) is 2. The molecule has 1 aromatic rings. The summed E-state index contributed by atoms with van der Waals surface area (Å²) < 4.78 is 5.36. The highest BCUT2D eigenvalue weighted by Gasteiger charge is 1.91. The van der Waals surface area contributed by atoms with E-state index in [1.165, 1.54) is 12.8 Å². The van der Waals surface area contributed by atoms with Crippen molar-refractivity contribution < 1.29 is 9.53 Å². The van der Waals surface area contributed by atoms with Crippen molar-refractivity contribution in [3.63, 3.8) is 0 Å². The molecule has 1 aromatic carbocycles. The minimum atomic E-state index is 0.664. The van der Waals surface area contributed by atoms with Crippen LogP contribution in [0.2, 0.25) is 0 Å². The maximum absolute atomic E-state index is 10.4. The summed E-state index contributed by atoms with van der Waals surface area (Å²) in [6.07, 6.45) is 7.95. The van der Waals surface area contributed by atoms with E-state index in [0.717, 1.165) is 18.5 Å². The summed E-state index contributed by atoms with van der Waals surface area (Å²) in [6, 6.07) is 7.05. The molecule has 0 saturated carbocycles. The van der Waals surface area contributed by atoms with Gasteiger partial charge < -0.3 is 4.74 Å². The lowest BCUT2D eigenvalue weighted by atomic mass is 10.2. The Labute approximate surface area is 90.6 Å². The van der Waals surface area contributed by atoms with Crippen molar-refractivity contribution in [3.05, 3.63) is 42.2 Å². The Kier molecular flexibility index (Phi) is 5.23. The highest BCUT2D eigenvalue weighted by molar-refractivity contribution is 5.74. The molecule has 0 heterocycles. The SMILES string of the molecule is CCCC/C=C/Oc1ccc(C=O)cc1. The molecule has 0 aliphatic rings. The van der Waals surface area contributed by atoms with Crippen LogP contribution in [0, 0.1) is 0 Å². The van der Waals surface area contributed by atoms with Crippen molar-refractivity contribution >= 4 is 6.29 Å². The molecule has 0 aromatic heterocycles. The fraction of sp³-hybridized carbons (Fsp3) is 0.308. The van der Waals surface area contributed by atoms with Gasteiger partial charge in [-0.05, 0) is 43.2 Å². The summed E-state index contributed by atoms with van der Waals surface area (Å²) in [6.45, 7) is 2.16. The highest BCUT2D eigenvalue weighted by atomic mass is 16.5. The van der Waals surface area contributed by atoms with Crippen LogP contribution in [0.25, 0.3) is 0 Å². The van der Waals surface area contributed by atoms with E-state index >= 15 is 0 Å². The topological polar surface area (TPSA) is 26.3 Å². The second-order valence-corrected chi connectivity index (χ2v) is 3.32. The van der Waals surface area contributed by atoms with E-state index in [1.807, 2.05) is 6.08 Å². The molecule has 0 aliphatic heterocycles. The first-order valence-electron chi connectivity index (χ1n) is 5.23. The van der Waals surface area contributed by atoms with E-state index in [9.17, 15) is 4.79 Å². The molecule has 0 atom stereocenters. The van der Waals surface area contributed by atoms with E-state index in [4.69, 9.17) is 4.74 Å². The fourth-order valence-electron chi connectivity index (χ4n) is 1.14. The third kappa shape index (κ3) is 4.45. The summed E-state index contributed by atoms with van der Waals surface area (Å²) in [5.41, 5.74) is 0.664.